The number of thiophene rings is 1. The number of hydrogen-bond acceptors (Lipinski definition) is 4. The molecule has 0 bridgehead atoms. The quantitative estimate of drug-likeness (QED) is 0.811. The number of ether oxygens (including phenoxy) is 1. The molecule has 0 saturated carbocycles. The Bertz CT molecular complexity index is 717. The van der Waals surface area contributed by atoms with Crippen molar-refractivity contribution in [2.24, 2.45) is 0 Å². The maximum atomic E-state index is 12.4. The Labute approximate surface area is 150 Å². The fraction of sp³-hybridized carbons (Fsp3) is 0.294. The number of nitrogens with one attached hydrogen (secondary N) is 1. The molecule has 0 spiro atoms. The highest BCUT2D eigenvalue weighted by Gasteiger charge is 2.15. The van der Waals surface area contributed by atoms with Gasteiger partial charge in [-0.3, -0.25) is 9.59 Å². The fourth-order valence-corrected chi connectivity index (χ4v) is 3.22. The van der Waals surface area contributed by atoms with E-state index in [9.17, 15) is 9.59 Å². The number of amides is 2. The molecular formula is C17H19ClN2O3S. The summed E-state index contributed by atoms with van der Waals surface area (Å²) in [6.45, 7) is 4.32. The summed E-state index contributed by atoms with van der Waals surface area (Å²) in [7, 11) is 0. The SMILES string of the molecule is CCN(Cc1ccc(Cl)s1)C(=O)COc1ccccc1NC(C)=O. The molecular weight excluding hydrogens is 348 g/mol. The van der Waals surface area contributed by atoms with Crippen molar-refractivity contribution < 1.29 is 14.3 Å². The third-order valence-electron chi connectivity index (χ3n) is 3.26. The number of rotatable bonds is 7. The Morgan fingerprint density at radius 1 is 1.25 bits per heavy atom. The molecule has 0 aliphatic heterocycles. The van der Waals surface area contributed by atoms with Crippen molar-refractivity contribution >= 4 is 40.4 Å². The molecule has 1 aromatic carbocycles. The van der Waals surface area contributed by atoms with Gasteiger partial charge >= 0.3 is 0 Å². The van der Waals surface area contributed by atoms with Crippen LogP contribution in [-0.4, -0.2) is 29.9 Å². The molecule has 0 fully saturated rings. The van der Waals surface area contributed by atoms with Crippen molar-refractivity contribution in [1.82, 2.24) is 4.90 Å². The molecule has 0 radical (unpaired) electrons. The predicted molar refractivity (Wildman–Crippen MR) is 96.7 cm³/mol. The van der Waals surface area contributed by atoms with Crippen LogP contribution >= 0.6 is 22.9 Å². The highest BCUT2D eigenvalue weighted by Crippen LogP contribution is 2.24. The second kappa shape index (κ2) is 8.70. The van der Waals surface area contributed by atoms with Crippen LogP contribution in [0.1, 0.15) is 18.7 Å². The molecule has 0 aliphatic carbocycles. The van der Waals surface area contributed by atoms with E-state index < -0.39 is 0 Å². The second-order valence-corrected chi connectivity index (χ2v) is 6.88. The molecule has 1 N–H and O–H groups in total. The van der Waals surface area contributed by atoms with Crippen molar-refractivity contribution in [3.8, 4) is 5.75 Å². The summed E-state index contributed by atoms with van der Waals surface area (Å²) in [6, 6.07) is 10.8. The van der Waals surface area contributed by atoms with Crippen molar-refractivity contribution in [3.63, 3.8) is 0 Å². The molecule has 24 heavy (non-hydrogen) atoms. The zero-order chi connectivity index (χ0) is 17.5. The van der Waals surface area contributed by atoms with Gasteiger partial charge in [-0.1, -0.05) is 23.7 Å². The highest BCUT2D eigenvalue weighted by molar-refractivity contribution is 7.16. The lowest BCUT2D eigenvalue weighted by molar-refractivity contribution is -0.133. The molecule has 0 unspecified atom stereocenters. The summed E-state index contributed by atoms with van der Waals surface area (Å²) >= 11 is 7.38. The second-order valence-electron chi connectivity index (χ2n) is 5.08. The van der Waals surface area contributed by atoms with Crippen LogP contribution in [-0.2, 0) is 16.1 Å². The standard InChI is InChI=1S/C17H19ClN2O3S/c1-3-20(10-13-8-9-16(18)24-13)17(22)11-23-15-7-5-4-6-14(15)19-12(2)21/h4-9H,3,10-11H2,1-2H3,(H,19,21). The molecule has 2 amide bonds. The fourth-order valence-electron chi connectivity index (χ4n) is 2.12. The van der Waals surface area contributed by atoms with Gasteiger partial charge in [-0.25, -0.2) is 0 Å². The molecule has 128 valence electrons. The van der Waals surface area contributed by atoms with Gasteiger partial charge in [0.25, 0.3) is 5.91 Å². The van der Waals surface area contributed by atoms with Gasteiger partial charge < -0.3 is 15.0 Å². The summed E-state index contributed by atoms with van der Waals surface area (Å²) in [5.74, 6) is 0.151. The van der Waals surface area contributed by atoms with Gasteiger partial charge in [0.15, 0.2) is 6.61 Å². The van der Waals surface area contributed by atoms with Crippen LogP contribution in [0.15, 0.2) is 36.4 Å². The highest BCUT2D eigenvalue weighted by atomic mass is 35.5. The minimum atomic E-state index is -0.192. The lowest BCUT2D eigenvalue weighted by atomic mass is 10.3. The van der Waals surface area contributed by atoms with Crippen molar-refractivity contribution in [1.29, 1.82) is 0 Å². The van der Waals surface area contributed by atoms with Gasteiger partial charge in [-0.05, 0) is 31.2 Å². The van der Waals surface area contributed by atoms with Gasteiger partial charge in [0.1, 0.15) is 5.75 Å². The summed E-state index contributed by atoms with van der Waals surface area (Å²) < 4.78 is 6.30. The number of anilines is 1. The van der Waals surface area contributed by atoms with E-state index >= 15 is 0 Å². The van der Waals surface area contributed by atoms with Gasteiger partial charge in [-0.15, -0.1) is 11.3 Å². The monoisotopic (exact) mass is 366 g/mol. The number of halogens is 1. The molecule has 2 rings (SSSR count). The first-order valence-corrected chi connectivity index (χ1v) is 8.70. The lowest BCUT2D eigenvalue weighted by Gasteiger charge is -2.20. The Morgan fingerprint density at radius 2 is 2.00 bits per heavy atom. The van der Waals surface area contributed by atoms with Crippen LogP contribution < -0.4 is 10.1 Å². The van der Waals surface area contributed by atoms with Crippen molar-refractivity contribution in [2.75, 3.05) is 18.5 Å². The van der Waals surface area contributed by atoms with E-state index in [0.29, 0.717) is 28.9 Å². The number of likely N-dealkylation sites (N-methyl/N-ethyl adjacent to an activating group) is 1. The van der Waals surface area contributed by atoms with Gasteiger partial charge in [-0.2, -0.15) is 0 Å². The first-order chi connectivity index (χ1) is 11.5. The number of carbonyl (C=O) groups excluding carboxylic acids is 2. The normalized spacial score (nSPS) is 10.3. The smallest absolute Gasteiger partial charge is 0.260 e. The Kier molecular flexibility index (Phi) is 6.63. The number of para-hydroxylation sites is 2. The van der Waals surface area contributed by atoms with E-state index in [1.807, 2.05) is 19.1 Å². The van der Waals surface area contributed by atoms with E-state index in [-0.39, 0.29) is 18.4 Å². The zero-order valence-electron chi connectivity index (χ0n) is 13.5. The van der Waals surface area contributed by atoms with Crippen LogP contribution in [0.25, 0.3) is 0 Å². The summed E-state index contributed by atoms with van der Waals surface area (Å²) in [4.78, 5) is 26.3. The summed E-state index contributed by atoms with van der Waals surface area (Å²) in [6.07, 6.45) is 0. The molecule has 2 aromatic rings. The number of nitrogens with zero attached hydrogens (tertiary/aromatic N) is 1. The Morgan fingerprint density at radius 3 is 2.62 bits per heavy atom. The van der Waals surface area contributed by atoms with E-state index in [2.05, 4.69) is 5.32 Å². The summed E-state index contributed by atoms with van der Waals surface area (Å²) in [5, 5.41) is 2.68. The molecule has 0 atom stereocenters. The molecule has 7 heteroatoms. The topological polar surface area (TPSA) is 58.6 Å². The number of hydrogen-bond donors (Lipinski definition) is 1. The third kappa shape index (κ3) is 5.25. The van der Waals surface area contributed by atoms with Crippen LogP contribution in [0, 0.1) is 0 Å². The van der Waals surface area contributed by atoms with Crippen molar-refractivity contribution in [2.45, 2.75) is 20.4 Å². The maximum absolute atomic E-state index is 12.4. The average Bonchev–Trinajstić information content (AvgIpc) is 2.96. The minimum Gasteiger partial charge on any atom is -0.482 e. The number of benzene rings is 1. The largest absolute Gasteiger partial charge is 0.482 e. The zero-order valence-corrected chi connectivity index (χ0v) is 15.1. The van der Waals surface area contributed by atoms with Gasteiger partial charge in [0.2, 0.25) is 5.91 Å². The molecule has 5 nitrogen and oxygen atoms in total. The van der Waals surface area contributed by atoms with Crippen molar-refractivity contribution in [3.05, 3.63) is 45.6 Å². The van der Waals surface area contributed by atoms with Crippen LogP contribution in [0.2, 0.25) is 4.34 Å². The number of carbonyl (C=O) groups is 2. The van der Waals surface area contributed by atoms with Gasteiger partial charge in [0, 0.05) is 18.3 Å². The summed E-state index contributed by atoms with van der Waals surface area (Å²) in [5.41, 5.74) is 0.547. The predicted octanol–water partition coefficient (Wildman–Crippen LogP) is 3.79. The molecule has 1 heterocycles. The lowest BCUT2D eigenvalue weighted by Crippen LogP contribution is -2.34. The molecule has 0 aliphatic rings. The minimum absolute atomic E-state index is 0.0937. The Hall–Kier alpha value is -2.05. The third-order valence-corrected chi connectivity index (χ3v) is 4.47. The van der Waals surface area contributed by atoms with Crippen LogP contribution in [0.5, 0.6) is 5.75 Å². The van der Waals surface area contributed by atoms with Crippen LogP contribution in [0.3, 0.4) is 0 Å². The van der Waals surface area contributed by atoms with E-state index in [4.69, 9.17) is 16.3 Å². The maximum Gasteiger partial charge on any atom is 0.260 e. The van der Waals surface area contributed by atoms with E-state index in [0.717, 1.165) is 4.88 Å². The first-order valence-electron chi connectivity index (χ1n) is 7.51. The molecule has 0 saturated heterocycles. The van der Waals surface area contributed by atoms with Gasteiger partial charge in [0.05, 0.1) is 16.6 Å². The van der Waals surface area contributed by atoms with E-state index in [1.54, 1.807) is 29.2 Å². The molecule has 1 aromatic heterocycles. The van der Waals surface area contributed by atoms with Crippen LogP contribution in [0.4, 0.5) is 5.69 Å². The average molecular weight is 367 g/mol. The first kappa shape index (κ1) is 18.3. The van der Waals surface area contributed by atoms with E-state index in [1.165, 1.54) is 18.3 Å². The Balaban J connectivity index is 1.97.